The van der Waals surface area contributed by atoms with Gasteiger partial charge in [-0.25, -0.2) is 0 Å². The van der Waals surface area contributed by atoms with Crippen LogP contribution < -0.4 is 0 Å². The summed E-state index contributed by atoms with van der Waals surface area (Å²) in [4.78, 5) is 0. The zero-order chi connectivity index (χ0) is 16.5. The highest BCUT2D eigenvalue weighted by molar-refractivity contribution is 6.71. The Labute approximate surface area is 140 Å². The standard InChI is InChI=1S/C16H37NO3Si2/c1-18-21(4,5)15-11-9-7-6-8-10-13-17-14-12-16-22(17,19-2)20-3/h6-16H2,1-5H3. The van der Waals surface area contributed by atoms with E-state index in [0.29, 0.717) is 0 Å². The Morgan fingerprint density at radius 1 is 0.909 bits per heavy atom. The maximum atomic E-state index is 5.75. The lowest BCUT2D eigenvalue weighted by Crippen LogP contribution is -2.53. The molecule has 0 unspecified atom stereocenters. The van der Waals surface area contributed by atoms with Crippen LogP contribution in [-0.4, -0.2) is 56.0 Å². The van der Waals surface area contributed by atoms with Gasteiger partial charge in [0, 0.05) is 27.4 Å². The van der Waals surface area contributed by atoms with Gasteiger partial charge < -0.3 is 13.3 Å². The van der Waals surface area contributed by atoms with Crippen LogP contribution in [0.3, 0.4) is 0 Å². The Bertz CT molecular complexity index is 299. The van der Waals surface area contributed by atoms with Gasteiger partial charge in [0.1, 0.15) is 0 Å². The van der Waals surface area contributed by atoms with Crippen molar-refractivity contribution in [2.45, 2.75) is 70.1 Å². The molecule has 0 aliphatic carbocycles. The smallest absolute Gasteiger partial charge is 0.420 e. The largest absolute Gasteiger partial charge is 0.427 e. The molecule has 0 amide bonds. The fraction of sp³-hybridized carbons (Fsp3) is 1.00. The predicted octanol–water partition coefficient (Wildman–Crippen LogP) is 4.12. The minimum atomic E-state index is -1.99. The van der Waals surface area contributed by atoms with Crippen LogP contribution in [0.25, 0.3) is 0 Å². The molecule has 1 saturated heterocycles. The molecule has 0 saturated carbocycles. The van der Waals surface area contributed by atoms with Gasteiger partial charge in [-0.15, -0.1) is 0 Å². The van der Waals surface area contributed by atoms with E-state index < -0.39 is 17.0 Å². The zero-order valence-electron chi connectivity index (χ0n) is 15.5. The molecule has 132 valence electrons. The highest BCUT2D eigenvalue weighted by Gasteiger charge is 2.46. The van der Waals surface area contributed by atoms with E-state index in [-0.39, 0.29) is 0 Å². The van der Waals surface area contributed by atoms with Crippen LogP contribution in [0.15, 0.2) is 0 Å². The molecule has 4 nitrogen and oxygen atoms in total. The molecule has 0 radical (unpaired) electrons. The summed E-state index contributed by atoms with van der Waals surface area (Å²) in [6, 6.07) is 2.42. The van der Waals surface area contributed by atoms with E-state index in [0.717, 1.165) is 19.1 Å². The minimum absolute atomic E-state index is 1.12. The molecule has 0 aromatic heterocycles. The molecule has 0 N–H and O–H groups in total. The third-order valence-corrected chi connectivity index (χ3v) is 11.4. The number of unbranched alkanes of at least 4 members (excludes halogenated alkanes) is 5. The van der Waals surface area contributed by atoms with Crippen molar-refractivity contribution in [2.24, 2.45) is 0 Å². The van der Waals surface area contributed by atoms with Crippen LogP contribution in [0, 0.1) is 0 Å². The maximum absolute atomic E-state index is 5.75. The Morgan fingerprint density at radius 2 is 1.50 bits per heavy atom. The van der Waals surface area contributed by atoms with E-state index in [2.05, 4.69) is 17.7 Å². The first kappa shape index (κ1) is 20.3. The fourth-order valence-corrected chi connectivity index (χ4v) is 7.63. The predicted molar refractivity (Wildman–Crippen MR) is 97.8 cm³/mol. The van der Waals surface area contributed by atoms with Gasteiger partial charge in [0.25, 0.3) is 0 Å². The maximum Gasteiger partial charge on any atom is 0.427 e. The Morgan fingerprint density at radius 3 is 2.09 bits per heavy atom. The number of nitrogens with zero attached hydrogens (tertiary/aromatic N) is 1. The molecule has 1 heterocycles. The monoisotopic (exact) mass is 347 g/mol. The third kappa shape index (κ3) is 6.41. The van der Waals surface area contributed by atoms with E-state index in [1.165, 1.54) is 51.0 Å². The highest BCUT2D eigenvalue weighted by atomic mass is 28.4. The quantitative estimate of drug-likeness (QED) is 0.392. The zero-order valence-corrected chi connectivity index (χ0v) is 17.5. The first-order chi connectivity index (χ1) is 10.5. The summed E-state index contributed by atoms with van der Waals surface area (Å²) in [6.07, 6.45) is 9.26. The molecule has 0 atom stereocenters. The van der Waals surface area contributed by atoms with E-state index >= 15 is 0 Å². The highest BCUT2D eigenvalue weighted by Crippen LogP contribution is 2.27. The first-order valence-corrected chi connectivity index (χ1v) is 14.0. The molecule has 1 aliphatic heterocycles. The first-order valence-electron chi connectivity index (χ1n) is 8.90. The lowest BCUT2D eigenvalue weighted by Gasteiger charge is -2.31. The summed E-state index contributed by atoms with van der Waals surface area (Å²) >= 11 is 0. The molecule has 0 bridgehead atoms. The number of rotatable bonds is 12. The topological polar surface area (TPSA) is 30.9 Å². The fourth-order valence-electron chi connectivity index (χ4n) is 3.31. The molecule has 0 spiro atoms. The van der Waals surface area contributed by atoms with Crippen LogP contribution in [0.2, 0.25) is 25.2 Å². The molecule has 22 heavy (non-hydrogen) atoms. The normalized spacial score (nSPS) is 19.0. The van der Waals surface area contributed by atoms with Gasteiger partial charge >= 0.3 is 8.72 Å². The van der Waals surface area contributed by atoms with Crippen LogP contribution in [0.4, 0.5) is 0 Å². The van der Waals surface area contributed by atoms with E-state index in [9.17, 15) is 0 Å². The lowest BCUT2D eigenvalue weighted by atomic mass is 10.1. The molecular formula is C16H37NO3Si2. The van der Waals surface area contributed by atoms with Crippen molar-refractivity contribution in [2.75, 3.05) is 34.4 Å². The SMILES string of the molecule is CO[Si](C)(C)CCCCCCCCN1CCC[Si]1(OC)OC. The summed E-state index contributed by atoms with van der Waals surface area (Å²) < 4.78 is 19.6. The minimum Gasteiger partial charge on any atom is -0.420 e. The van der Waals surface area contributed by atoms with Crippen LogP contribution in [-0.2, 0) is 13.3 Å². The van der Waals surface area contributed by atoms with Crippen LogP contribution in [0.5, 0.6) is 0 Å². The van der Waals surface area contributed by atoms with Crippen molar-refractivity contribution < 1.29 is 13.3 Å². The van der Waals surface area contributed by atoms with Gasteiger partial charge in [-0.05, 0) is 45.1 Å². The Hall–Kier alpha value is 0.274. The van der Waals surface area contributed by atoms with Crippen molar-refractivity contribution in [3.05, 3.63) is 0 Å². The molecule has 0 aromatic carbocycles. The molecule has 1 rings (SSSR count). The molecule has 1 fully saturated rings. The Kier molecular flexibility index (Phi) is 9.42. The van der Waals surface area contributed by atoms with Crippen molar-refractivity contribution >= 4 is 17.0 Å². The van der Waals surface area contributed by atoms with Crippen molar-refractivity contribution in [3.63, 3.8) is 0 Å². The van der Waals surface area contributed by atoms with Crippen molar-refractivity contribution in [1.82, 2.24) is 4.57 Å². The molecule has 1 aliphatic rings. The van der Waals surface area contributed by atoms with Gasteiger partial charge in [0.15, 0.2) is 8.32 Å². The lowest BCUT2D eigenvalue weighted by molar-refractivity contribution is 0.181. The number of hydrogen-bond donors (Lipinski definition) is 0. The summed E-state index contributed by atoms with van der Waals surface area (Å²) in [5, 5.41) is 0. The van der Waals surface area contributed by atoms with Crippen LogP contribution >= 0.6 is 0 Å². The second-order valence-electron chi connectivity index (χ2n) is 7.05. The van der Waals surface area contributed by atoms with Gasteiger partial charge in [-0.1, -0.05) is 32.1 Å². The summed E-state index contributed by atoms with van der Waals surface area (Å²) in [5.74, 6) is 0. The van der Waals surface area contributed by atoms with Crippen molar-refractivity contribution in [1.29, 1.82) is 0 Å². The summed E-state index contributed by atoms with van der Waals surface area (Å²) in [6.45, 7) is 6.93. The third-order valence-electron chi connectivity index (χ3n) is 5.05. The summed E-state index contributed by atoms with van der Waals surface area (Å²) in [7, 11) is 2.19. The molecule has 6 heteroatoms. The molecule has 0 aromatic rings. The molecular weight excluding hydrogens is 310 g/mol. The Balaban J connectivity index is 2.04. The van der Waals surface area contributed by atoms with Gasteiger partial charge in [0.05, 0.1) is 0 Å². The average Bonchev–Trinajstić information content (AvgIpc) is 2.93. The van der Waals surface area contributed by atoms with Crippen molar-refractivity contribution in [3.8, 4) is 0 Å². The van der Waals surface area contributed by atoms with E-state index in [1.807, 2.05) is 21.3 Å². The number of hydrogen-bond acceptors (Lipinski definition) is 4. The van der Waals surface area contributed by atoms with Gasteiger partial charge in [-0.2, -0.15) is 0 Å². The average molecular weight is 348 g/mol. The van der Waals surface area contributed by atoms with E-state index in [4.69, 9.17) is 13.3 Å². The summed E-state index contributed by atoms with van der Waals surface area (Å²) in [5.41, 5.74) is 0. The van der Waals surface area contributed by atoms with Crippen LogP contribution in [0.1, 0.15) is 44.9 Å². The van der Waals surface area contributed by atoms with E-state index in [1.54, 1.807) is 0 Å². The van der Waals surface area contributed by atoms with Gasteiger partial charge in [0.2, 0.25) is 0 Å². The second-order valence-corrected chi connectivity index (χ2v) is 14.8. The second kappa shape index (κ2) is 10.2. The van der Waals surface area contributed by atoms with Gasteiger partial charge in [-0.3, -0.25) is 4.57 Å².